The van der Waals surface area contributed by atoms with Crippen LogP contribution in [0.1, 0.15) is 12.8 Å². The number of nitrogens with two attached hydrogens (primary N) is 2. The number of nitrogens with zero attached hydrogens (tertiary/aromatic N) is 1. The summed E-state index contributed by atoms with van der Waals surface area (Å²) in [7, 11) is 1.50. The summed E-state index contributed by atoms with van der Waals surface area (Å²) in [5.74, 6) is 0. The van der Waals surface area contributed by atoms with E-state index in [1.807, 2.05) is 0 Å². The molecule has 0 unspecified atom stereocenters. The third-order valence-corrected chi connectivity index (χ3v) is 2.14. The average Bonchev–Trinajstić information content (AvgIpc) is 2.23. The second kappa shape index (κ2) is 9.92. The van der Waals surface area contributed by atoms with Gasteiger partial charge in [0.2, 0.25) is 0 Å². The lowest BCUT2D eigenvalue weighted by atomic mass is 10.2. The van der Waals surface area contributed by atoms with Gasteiger partial charge in [0, 0.05) is 26.2 Å². The van der Waals surface area contributed by atoms with Crippen molar-refractivity contribution < 1.29 is 0 Å². The SMILES string of the molecule is CN.NCCCCN1CCNCC1. The van der Waals surface area contributed by atoms with Gasteiger partial charge in [-0.1, -0.05) is 0 Å². The molecule has 0 spiro atoms. The van der Waals surface area contributed by atoms with Crippen LogP contribution in [0.15, 0.2) is 0 Å². The molecule has 0 aromatic rings. The normalized spacial score (nSPS) is 17.8. The van der Waals surface area contributed by atoms with Gasteiger partial charge in [0.1, 0.15) is 0 Å². The zero-order valence-corrected chi connectivity index (χ0v) is 8.76. The molecule has 0 saturated carbocycles. The molecule has 0 aromatic carbocycles. The van der Waals surface area contributed by atoms with Gasteiger partial charge in [-0.05, 0) is 33.0 Å². The molecule has 4 heteroatoms. The van der Waals surface area contributed by atoms with Gasteiger partial charge in [-0.3, -0.25) is 0 Å². The molecule has 1 aliphatic heterocycles. The zero-order valence-electron chi connectivity index (χ0n) is 8.76. The minimum Gasteiger partial charge on any atom is -0.333 e. The highest BCUT2D eigenvalue weighted by atomic mass is 15.2. The van der Waals surface area contributed by atoms with Crippen molar-refractivity contribution in [2.45, 2.75) is 12.8 Å². The summed E-state index contributed by atoms with van der Waals surface area (Å²) < 4.78 is 0. The number of nitrogens with one attached hydrogen (secondary N) is 1. The number of piperazine rings is 1. The highest BCUT2D eigenvalue weighted by Gasteiger charge is 2.07. The van der Waals surface area contributed by atoms with Crippen LogP contribution in [0, 0.1) is 0 Å². The highest BCUT2D eigenvalue weighted by Crippen LogP contribution is 1.95. The fraction of sp³-hybridized carbons (Fsp3) is 1.00. The lowest BCUT2D eigenvalue weighted by Crippen LogP contribution is -2.43. The van der Waals surface area contributed by atoms with E-state index in [0.717, 1.165) is 19.6 Å². The van der Waals surface area contributed by atoms with E-state index >= 15 is 0 Å². The first-order chi connectivity index (χ1) is 6.43. The summed E-state index contributed by atoms with van der Waals surface area (Å²) in [6, 6.07) is 0. The van der Waals surface area contributed by atoms with Gasteiger partial charge in [0.15, 0.2) is 0 Å². The van der Waals surface area contributed by atoms with Crippen LogP contribution in [-0.2, 0) is 0 Å². The van der Waals surface area contributed by atoms with Crippen molar-refractivity contribution in [1.82, 2.24) is 10.2 Å². The number of rotatable bonds is 4. The van der Waals surface area contributed by atoms with Gasteiger partial charge in [0.05, 0.1) is 0 Å². The monoisotopic (exact) mass is 188 g/mol. The summed E-state index contributed by atoms with van der Waals surface area (Å²) in [6.45, 7) is 6.81. The van der Waals surface area contributed by atoms with Gasteiger partial charge in [0.25, 0.3) is 0 Å². The van der Waals surface area contributed by atoms with Crippen LogP contribution in [0.25, 0.3) is 0 Å². The Kier molecular flexibility index (Phi) is 9.80. The molecule has 0 radical (unpaired) electrons. The Labute approximate surface area is 81.6 Å². The predicted molar refractivity (Wildman–Crippen MR) is 57.7 cm³/mol. The minimum atomic E-state index is 0.839. The van der Waals surface area contributed by atoms with E-state index < -0.39 is 0 Å². The topological polar surface area (TPSA) is 67.3 Å². The first-order valence-electron chi connectivity index (χ1n) is 5.14. The molecule has 0 bridgehead atoms. The molecule has 1 saturated heterocycles. The zero-order chi connectivity index (χ0) is 9.94. The molecule has 1 rings (SSSR count). The number of hydrogen-bond donors (Lipinski definition) is 3. The van der Waals surface area contributed by atoms with Crippen LogP contribution in [0.4, 0.5) is 0 Å². The summed E-state index contributed by atoms with van der Waals surface area (Å²) in [6.07, 6.45) is 2.43. The second-order valence-corrected chi connectivity index (χ2v) is 3.09. The Morgan fingerprint density at radius 2 is 1.77 bits per heavy atom. The molecule has 1 heterocycles. The van der Waals surface area contributed by atoms with Crippen molar-refractivity contribution in [1.29, 1.82) is 0 Å². The third-order valence-electron chi connectivity index (χ3n) is 2.14. The minimum absolute atomic E-state index is 0.839. The molecule has 0 amide bonds. The van der Waals surface area contributed by atoms with Crippen LogP contribution in [0.2, 0.25) is 0 Å². The molecule has 1 aliphatic rings. The van der Waals surface area contributed by atoms with Crippen molar-refractivity contribution in [3.05, 3.63) is 0 Å². The number of hydrogen-bond acceptors (Lipinski definition) is 4. The van der Waals surface area contributed by atoms with Crippen molar-refractivity contribution in [2.75, 3.05) is 46.3 Å². The van der Waals surface area contributed by atoms with Gasteiger partial charge < -0.3 is 21.7 Å². The molecular formula is C9H24N4. The number of unbranched alkanes of at least 4 members (excludes halogenated alkanes) is 1. The maximum absolute atomic E-state index is 5.41. The van der Waals surface area contributed by atoms with Crippen molar-refractivity contribution >= 4 is 0 Å². The Morgan fingerprint density at radius 3 is 2.31 bits per heavy atom. The Morgan fingerprint density at radius 1 is 1.15 bits per heavy atom. The molecule has 13 heavy (non-hydrogen) atoms. The van der Waals surface area contributed by atoms with E-state index in [1.165, 1.54) is 39.5 Å². The standard InChI is InChI=1S/C8H19N3.CH5N/c9-3-1-2-6-11-7-4-10-5-8-11;1-2/h10H,1-9H2;2H2,1H3. The van der Waals surface area contributed by atoms with Crippen molar-refractivity contribution in [3.63, 3.8) is 0 Å². The predicted octanol–water partition coefficient (Wildman–Crippen LogP) is -0.795. The van der Waals surface area contributed by atoms with E-state index in [1.54, 1.807) is 0 Å². The highest BCUT2D eigenvalue weighted by molar-refractivity contribution is 4.66. The summed E-state index contributed by atoms with van der Waals surface area (Å²) >= 11 is 0. The smallest absolute Gasteiger partial charge is 0.0107 e. The van der Waals surface area contributed by atoms with Gasteiger partial charge in [-0.25, -0.2) is 0 Å². The van der Waals surface area contributed by atoms with Crippen LogP contribution < -0.4 is 16.8 Å². The van der Waals surface area contributed by atoms with Crippen LogP contribution in [-0.4, -0.2) is 51.2 Å². The summed E-state index contributed by atoms with van der Waals surface area (Å²) in [5, 5.41) is 3.34. The maximum Gasteiger partial charge on any atom is 0.0107 e. The van der Waals surface area contributed by atoms with E-state index in [0.29, 0.717) is 0 Å². The molecule has 5 N–H and O–H groups in total. The van der Waals surface area contributed by atoms with Crippen molar-refractivity contribution in [2.24, 2.45) is 11.5 Å². The van der Waals surface area contributed by atoms with Crippen LogP contribution >= 0.6 is 0 Å². The lowest BCUT2D eigenvalue weighted by molar-refractivity contribution is 0.237. The van der Waals surface area contributed by atoms with E-state index in [-0.39, 0.29) is 0 Å². The van der Waals surface area contributed by atoms with E-state index in [2.05, 4.69) is 16.0 Å². The van der Waals surface area contributed by atoms with Gasteiger partial charge >= 0.3 is 0 Å². The van der Waals surface area contributed by atoms with E-state index in [9.17, 15) is 0 Å². The van der Waals surface area contributed by atoms with Crippen LogP contribution in [0.3, 0.4) is 0 Å². The molecule has 0 aliphatic carbocycles. The first-order valence-corrected chi connectivity index (χ1v) is 5.14. The Bertz CT molecular complexity index is 91.6. The summed E-state index contributed by atoms with van der Waals surface area (Å²) in [5.41, 5.74) is 9.91. The maximum atomic E-state index is 5.41. The molecule has 80 valence electrons. The molecule has 0 aromatic heterocycles. The van der Waals surface area contributed by atoms with Gasteiger partial charge in [-0.15, -0.1) is 0 Å². The Balaban J connectivity index is 0.000000671. The lowest BCUT2D eigenvalue weighted by Gasteiger charge is -2.26. The fourth-order valence-electron chi connectivity index (χ4n) is 1.41. The molecular weight excluding hydrogens is 164 g/mol. The summed E-state index contributed by atoms with van der Waals surface area (Å²) in [4.78, 5) is 2.51. The van der Waals surface area contributed by atoms with Gasteiger partial charge in [-0.2, -0.15) is 0 Å². The molecule has 4 nitrogen and oxygen atoms in total. The largest absolute Gasteiger partial charge is 0.333 e. The first kappa shape index (κ1) is 12.8. The molecule has 1 fully saturated rings. The quantitative estimate of drug-likeness (QED) is 0.506. The average molecular weight is 188 g/mol. The second-order valence-electron chi connectivity index (χ2n) is 3.09. The third kappa shape index (κ3) is 6.95. The fourth-order valence-corrected chi connectivity index (χ4v) is 1.41. The van der Waals surface area contributed by atoms with Crippen molar-refractivity contribution in [3.8, 4) is 0 Å². The van der Waals surface area contributed by atoms with Crippen LogP contribution in [0.5, 0.6) is 0 Å². The molecule has 0 atom stereocenters. The van der Waals surface area contributed by atoms with E-state index in [4.69, 9.17) is 5.73 Å². The Hall–Kier alpha value is -0.160.